The van der Waals surface area contributed by atoms with Crippen molar-refractivity contribution in [1.29, 1.82) is 0 Å². The number of hydrogen-bond donors (Lipinski definition) is 3. The van der Waals surface area contributed by atoms with Crippen molar-refractivity contribution in [2.75, 3.05) is 40.0 Å². The summed E-state index contributed by atoms with van der Waals surface area (Å²) in [5.41, 5.74) is 11.3. The smallest absolute Gasteiger partial charge is 0.253 e. The number of nitrogens with two attached hydrogens (primary N) is 2. The summed E-state index contributed by atoms with van der Waals surface area (Å²) in [5.74, 6) is -2.52. The van der Waals surface area contributed by atoms with Crippen LogP contribution in [0.15, 0.2) is 42.6 Å². The third-order valence-corrected chi connectivity index (χ3v) is 7.20. The van der Waals surface area contributed by atoms with Crippen LogP contribution in [0.5, 0.6) is 11.6 Å². The zero-order chi connectivity index (χ0) is 28.7. The molecule has 1 aromatic heterocycles. The predicted octanol–water partition coefficient (Wildman–Crippen LogP) is 4.35. The maximum Gasteiger partial charge on any atom is 0.253 e. The molecular formula is C29H33ClF2N4O4. The van der Waals surface area contributed by atoms with Crippen molar-refractivity contribution >= 4 is 17.5 Å². The first-order valence-electron chi connectivity index (χ1n) is 13.1. The Balaban J connectivity index is 1.85. The normalized spacial score (nSPS) is 15.9. The summed E-state index contributed by atoms with van der Waals surface area (Å²) >= 11 is 6.54. The number of aromatic nitrogens is 1. The summed E-state index contributed by atoms with van der Waals surface area (Å²) in [6.07, 6.45) is 3.56. The van der Waals surface area contributed by atoms with Crippen LogP contribution in [-0.4, -0.2) is 50.8 Å². The standard InChI is InChI=1S/C29H33ClF2N4O4/c1-35-27(37)20-17-36-28(39-14-13-38-12-11-34)26(32)24(20)23-19-16-29(9-5-6-10-33,18-7-3-2-4-8-18)40-22(19)15-21(31)25(23)30/h2-4,7-8,15,17H,5-6,9-14,16,33-34H2,1H3,(H,35,37). The number of nitrogens with zero attached hydrogens (tertiary/aromatic N) is 1. The molecule has 0 saturated carbocycles. The van der Waals surface area contributed by atoms with E-state index in [-0.39, 0.29) is 53.0 Å². The van der Waals surface area contributed by atoms with E-state index >= 15 is 8.78 Å². The van der Waals surface area contributed by atoms with Crippen molar-refractivity contribution in [3.05, 3.63) is 75.9 Å². The molecule has 0 saturated heterocycles. The second-order valence-corrected chi connectivity index (χ2v) is 9.78. The molecular weight excluding hydrogens is 542 g/mol. The minimum atomic E-state index is -0.949. The monoisotopic (exact) mass is 574 g/mol. The second kappa shape index (κ2) is 13.4. The lowest BCUT2D eigenvalue weighted by Gasteiger charge is -2.29. The van der Waals surface area contributed by atoms with Crippen molar-refractivity contribution in [3.8, 4) is 22.8 Å². The first kappa shape index (κ1) is 29.7. The molecule has 3 aromatic rings. The van der Waals surface area contributed by atoms with Crippen molar-refractivity contribution < 1.29 is 27.8 Å². The molecule has 1 atom stereocenters. The maximum absolute atomic E-state index is 16.2. The molecule has 1 aliphatic heterocycles. The number of fused-ring (bicyclic) bond motifs is 1. The fourth-order valence-corrected chi connectivity index (χ4v) is 5.21. The third kappa shape index (κ3) is 6.05. The molecule has 4 rings (SSSR count). The number of unbranched alkanes of at least 4 members (excludes halogenated alkanes) is 1. The van der Waals surface area contributed by atoms with Gasteiger partial charge in [0.25, 0.3) is 11.8 Å². The molecule has 11 heteroatoms. The summed E-state index contributed by atoms with van der Waals surface area (Å²) in [5, 5.41) is 2.15. The fourth-order valence-electron chi connectivity index (χ4n) is 4.95. The van der Waals surface area contributed by atoms with Crippen LogP contribution >= 0.6 is 11.6 Å². The number of nitrogens with one attached hydrogen (secondary N) is 1. The first-order valence-corrected chi connectivity index (χ1v) is 13.5. The van der Waals surface area contributed by atoms with E-state index in [2.05, 4.69) is 10.3 Å². The van der Waals surface area contributed by atoms with E-state index in [0.29, 0.717) is 31.7 Å². The number of pyridine rings is 1. The van der Waals surface area contributed by atoms with Crippen LogP contribution in [0.1, 0.15) is 40.7 Å². The van der Waals surface area contributed by atoms with Crippen LogP contribution in [0, 0.1) is 11.6 Å². The van der Waals surface area contributed by atoms with Crippen LogP contribution in [-0.2, 0) is 16.8 Å². The van der Waals surface area contributed by atoms with Crippen LogP contribution < -0.4 is 26.3 Å². The van der Waals surface area contributed by atoms with Gasteiger partial charge < -0.3 is 31.0 Å². The minimum Gasteiger partial charge on any atom is -0.482 e. The first-order chi connectivity index (χ1) is 19.4. The van der Waals surface area contributed by atoms with Gasteiger partial charge in [0.2, 0.25) is 0 Å². The average Bonchev–Trinajstić information content (AvgIpc) is 3.33. The van der Waals surface area contributed by atoms with Crippen LogP contribution in [0.4, 0.5) is 8.78 Å². The SMILES string of the molecule is CNC(=O)c1cnc(OCCOCCN)c(F)c1-c1c(Cl)c(F)cc2c1CC(CCCCN)(c1ccccc1)O2. The summed E-state index contributed by atoms with van der Waals surface area (Å²) in [7, 11) is 1.40. The predicted molar refractivity (Wildman–Crippen MR) is 149 cm³/mol. The highest BCUT2D eigenvalue weighted by Crippen LogP contribution is 2.51. The number of ether oxygens (including phenoxy) is 3. The Morgan fingerprint density at radius 2 is 1.90 bits per heavy atom. The molecule has 2 heterocycles. The average molecular weight is 575 g/mol. The highest BCUT2D eigenvalue weighted by atomic mass is 35.5. The number of benzene rings is 2. The Hall–Kier alpha value is -3.31. The number of rotatable bonds is 13. The van der Waals surface area contributed by atoms with Crippen molar-refractivity contribution in [2.45, 2.75) is 31.3 Å². The summed E-state index contributed by atoms with van der Waals surface area (Å²) in [4.78, 5) is 16.9. The van der Waals surface area contributed by atoms with Gasteiger partial charge >= 0.3 is 0 Å². The third-order valence-electron chi connectivity index (χ3n) is 6.83. The van der Waals surface area contributed by atoms with Crippen molar-refractivity contribution in [3.63, 3.8) is 0 Å². The summed E-state index contributed by atoms with van der Waals surface area (Å²) in [6.45, 7) is 1.30. The highest BCUT2D eigenvalue weighted by Gasteiger charge is 2.43. The van der Waals surface area contributed by atoms with Gasteiger partial charge in [-0.2, -0.15) is 0 Å². The second-order valence-electron chi connectivity index (χ2n) is 9.40. The van der Waals surface area contributed by atoms with Crippen LogP contribution in [0.25, 0.3) is 11.1 Å². The topological polar surface area (TPSA) is 122 Å². The molecule has 0 radical (unpaired) electrons. The quantitative estimate of drug-likeness (QED) is 0.259. The van der Waals surface area contributed by atoms with Gasteiger partial charge in [-0.3, -0.25) is 4.79 Å². The molecule has 214 valence electrons. The van der Waals surface area contributed by atoms with Gasteiger partial charge in [-0.05, 0) is 31.4 Å². The highest BCUT2D eigenvalue weighted by molar-refractivity contribution is 6.34. The molecule has 2 aromatic carbocycles. The lowest BCUT2D eigenvalue weighted by Crippen LogP contribution is -2.31. The largest absolute Gasteiger partial charge is 0.482 e. The fraction of sp³-hybridized carbons (Fsp3) is 0.379. The molecule has 1 amide bonds. The van der Waals surface area contributed by atoms with E-state index in [9.17, 15) is 4.79 Å². The van der Waals surface area contributed by atoms with Gasteiger partial charge in [-0.25, -0.2) is 13.8 Å². The van der Waals surface area contributed by atoms with Gasteiger partial charge in [-0.1, -0.05) is 41.9 Å². The Kier molecular flexibility index (Phi) is 9.91. The molecule has 8 nitrogen and oxygen atoms in total. The number of halogens is 3. The Morgan fingerprint density at radius 3 is 2.60 bits per heavy atom. The molecule has 0 fully saturated rings. The van der Waals surface area contributed by atoms with E-state index < -0.39 is 23.1 Å². The zero-order valence-corrected chi connectivity index (χ0v) is 23.0. The van der Waals surface area contributed by atoms with E-state index in [4.69, 9.17) is 37.3 Å². The number of carbonyl (C=O) groups excluding carboxylic acids is 1. The van der Waals surface area contributed by atoms with Crippen LogP contribution in [0.3, 0.4) is 0 Å². The molecule has 0 aliphatic carbocycles. The Bertz CT molecular complexity index is 1350. The Labute approximate surface area is 237 Å². The van der Waals surface area contributed by atoms with E-state index in [1.54, 1.807) is 0 Å². The number of amides is 1. The lowest BCUT2D eigenvalue weighted by molar-refractivity contribution is 0.0793. The minimum absolute atomic E-state index is 0.0148. The summed E-state index contributed by atoms with van der Waals surface area (Å²) < 4.78 is 48.8. The van der Waals surface area contributed by atoms with E-state index in [1.165, 1.54) is 19.3 Å². The van der Waals surface area contributed by atoms with Gasteiger partial charge in [0.15, 0.2) is 5.82 Å². The molecule has 0 bridgehead atoms. The van der Waals surface area contributed by atoms with E-state index in [0.717, 1.165) is 18.4 Å². The molecule has 0 spiro atoms. The van der Waals surface area contributed by atoms with Gasteiger partial charge in [-0.15, -0.1) is 0 Å². The molecule has 1 aliphatic rings. The maximum atomic E-state index is 16.2. The molecule has 5 N–H and O–H groups in total. The molecule has 40 heavy (non-hydrogen) atoms. The number of hydrogen-bond acceptors (Lipinski definition) is 7. The van der Waals surface area contributed by atoms with Gasteiger partial charge in [0.1, 0.15) is 23.8 Å². The zero-order valence-electron chi connectivity index (χ0n) is 22.3. The summed E-state index contributed by atoms with van der Waals surface area (Å²) in [6, 6.07) is 10.8. The van der Waals surface area contributed by atoms with Crippen LogP contribution in [0.2, 0.25) is 5.02 Å². The van der Waals surface area contributed by atoms with Crippen molar-refractivity contribution in [2.24, 2.45) is 11.5 Å². The van der Waals surface area contributed by atoms with Gasteiger partial charge in [0.05, 0.1) is 23.8 Å². The molecule has 1 unspecified atom stereocenters. The number of carbonyl (C=O) groups is 1. The lowest BCUT2D eigenvalue weighted by atomic mass is 9.82. The van der Waals surface area contributed by atoms with Crippen molar-refractivity contribution in [1.82, 2.24) is 10.3 Å². The van der Waals surface area contributed by atoms with E-state index in [1.807, 2.05) is 30.3 Å². The Morgan fingerprint density at radius 1 is 1.12 bits per heavy atom. The van der Waals surface area contributed by atoms with Gasteiger partial charge in [0, 0.05) is 49.0 Å².